The third-order valence-electron chi connectivity index (χ3n) is 4.47. The van der Waals surface area contributed by atoms with Crippen LogP contribution >= 0.6 is 0 Å². The summed E-state index contributed by atoms with van der Waals surface area (Å²) in [6.45, 7) is 2.16. The number of anilines is 1. The lowest BCUT2D eigenvalue weighted by atomic mass is 9.96. The molecule has 0 amide bonds. The first-order valence-corrected chi connectivity index (χ1v) is 6.80. The van der Waals surface area contributed by atoms with Gasteiger partial charge in [-0.1, -0.05) is 17.7 Å². The van der Waals surface area contributed by atoms with Crippen molar-refractivity contribution in [3.8, 4) is 0 Å². The van der Waals surface area contributed by atoms with Gasteiger partial charge in [0.15, 0.2) is 0 Å². The number of hydrogen-bond acceptors (Lipinski definition) is 2. The van der Waals surface area contributed by atoms with Crippen LogP contribution in [0.4, 0.5) is 5.69 Å². The summed E-state index contributed by atoms with van der Waals surface area (Å²) < 4.78 is 0. The van der Waals surface area contributed by atoms with Gasteiger partial charge in [0.25, 0.3) is 0 Å². The van der Waals surface area contributed by atoms with Crippen LogP contribution in [0.15, 0.2) is 24.3 Å². The molecule has 2 fully saturated rings. The summed E-state index contributed by atoms with van der Waals surface area (Å²) in [5, 5.41) is 3.46. The Balaban J connectivity index is 1.83. The van der Waals surface area contributed by atoms with E-state index < -0.39 is 0 Å². The average Bonchev–Trinajstić information content (AvgIpc) is 2.61. The van der Waals surface area contributed by atoms with E-state index in [-0.39, 0.29) is 0 Å². The zero-order valence-corrected chi connectivity index (χ0v) is 10.8. The first-order chi connectivity index (χ1) is 8.28. The minimum Gasteiger partial charge on any atom is -0.365 e. The Hall–Kier alpha value is -1.02. The zero-order chi connectivity index (χ0) is 11.8. The van der Waals surface area contributed by atoms with Crippen molar-refractivity contribution in [2.75, 3.05) is 11.9 Å². The van der Waals surface area contributed by atoms with Crippen LogP contribution in [0.3, 0.4) is 0 Å². The highest BCUT2D eigenvalue weighted by Gasteiger charge is 2.40. The number of aryl methyl sites for hydroxylation is 1. The monoisotopic (exact) mass is 230 g/mol. The molecule has 1 aromatic rings. The number of piperidine rings is 1. The van der Waals surface area contributed by atoms with Crippen LogP contribution in [-0.4, -0.2) is 25.2 Å². The average molecular weight is 230 g/mol. The summed E-state index contributed by atoms with van der Waals surface area (Å²) in [6.07, 6.45) is 5.36. The van der Waals surface area contributed by atoms with E-state index in [9.17, 15) is 0 Å². The topological polar surface area (TPSA) is 15.3 Å². The maximum absolute atomic E-state index is 3.46. The highest BCUT2D eigenvalue weighted by Crippen LogP contribution is 2.39. The molecule has 1 N–H and O–H groups in total. The first-order valence-electron chi connectivity index (χ1n) is 6.80. The van der Waals surface area contributed by atoms with Crippen molar-refractivity contribution in [2.45, 2.75) is 50.7 Å². The summed E-state index contributed by atoms with van der Waals surface area (Å²) in [6, 6.07) is 11.3. The summed E-state index contributed by atoms with van der Waals surface area (Å²) in [4.78, 5) is 2.67. The normalized spacial score (nSPS) is 31.9. The molecule has 3 rings (SSSR count). The van der Waals surface area contributed by atoms with Crippen LogP contribution in [0.5, 0.6) is 0 Å². The third kappa shape index (κ3) is 1.95. The predicted octanol–water partition coefficient (Wildman–Crippen LogP) is 2.71. The fraction of sp³-hybridized carbons (Fsp3) is 0.600. The van der Waals surface area contributed by atoms with E-state index in [0.717, 1.165) is 18.1 Å². The lowest BCUT2D eigenvalue weighted by Gasteiger charge is -2.40. The molecule has 0 saturated carbocycles. The molecule has 0 aromatic heterocycles. The highest BCUT2D eigenvalue weighted by molar-refractivity contribution is 5.51. The lowest BCUT2D eigenvalue weighted by Crippen LogP contribution is -2.48. The van der Waals surface area contributed by atoms with Crippen LogP contribution < -0.4 is 10.2 Å². The second-order valence-corrected chi connectivity index (χ2v) is 5.58. The van der Waals surface area contributed by atoms with E-state index in [1.54, 1.807) is 0 Å². The molecule has 0 spiro atoms. The summed E-state index contributed by atoms with van der Waals surface area (Å²) in [5.41, 5.74) is 2.78. The number of nitrogens with one attached hydrogen (secondary N) is 1. The molecule has 2 heterocycles. The fourth-order valence-electron chi connectivity index (χ4n) is 3.55. The molecule has 2 aliphatic heterocycles. The van der Waals surface area contributed by atoms with Crippen molar-refractivity contribution in [2.24, 2.45) is 0 Å². The molecule has 0 radical (unpaired) electrons. The Morgan fingerprint density at radius 3 is 2.18 bits per heavy atom. The van der Waals surface area contributed by atoms with E-state index in [4.69, 9.17) is 0 Å². The number of benzene rings is 1. The minimum atomic E-state index is 0.731. The van der Waals surface area contributed by atoms with Crippen molar-refractivity contribution in [3.05, 3.63) is 29.8 Å². The van der Waals surface area contributed by atoms with Gasteiger partial charge in [0, 0.05) is 23.8 Å². The lowest BCUT2D eigenvalue weighted by molar-refractivity contribution is 0.374. The maximum atomic E-state index is 3.46. The SMILES string of the molecule is CNC1CC2CCC(C1)N2c1ccc(C)cc1. The van der Waals surface area contributed by atoms with Gasteiger partial charge >= 0.3 is 0 Å². The van der Waals surface area contributed by atoms with Crippen molar-refractivity contribution in [3.63, 3.8) is 0 Å². The van der Waals surface area contributed by atoms with Crippen LogP contribution in [0.1, 0.15) is 31.2 Å². The van der Waals surface area contributed by atoms with Gasteiger partial charge in [-0.3, -0.25) is 0 Å². The van der Waals surface area contributed by atoms with E-state index in [1.165, 1.54) is 36.9 Å². The van der Waals surface area contributed by atoms with Crippen LogP contribution in [0.25, 0.3) is 0 Å². The number of hydrogen-bond donors (Lipinski definition) is 1. The molecule has 92 valence electrons. The molecule has 2 saturated heterocycles. The molecule has 2 unspecified atom stereocenters. The minimum absolute atomic E-state index is 0.731. The van der Waals surface area contributed by atoms with Crippen LogP contribution in [-0.2, 0) is 0 Å². The van der Waals surface area contributed by atoms with E-state index >= 15 is 0 Å². The number of fused-ring (bicyclic) bond motifs is 2. The zero-order valence-electron chi connectivity index (χ0n) is 10.8. The van der Waals surface area contributed by atoms with Gasteiger partial charge in [-0.05, 0) is 51.8 Å². The molecule has 2 aliphatic rings. The molecule has 0 aliphatic carbocycles. The van der Waals surface area contributed by atoms with Gasteiger partial charge in [0.1, 0.15) is 0 Å². The second kappa shape index (κ2) is 4.34. The standard InChI is InChI=1S/C15H22N2/c1-11-3-5-13(6-4-11)17-14-7-8-15(17)10-12(9-14)16-2/h3-6,12,14-16H,7-10H2,1-2H3. The Labute approximate surface area is 104 Å². The summed E-state index contributed by atoms with van der Waals surface area (Å²) in [7, 11) is 2.10. The van der Waals surface area contributed by atoms with Crippen molar-refractivity contribution >= 4 is 5.69 Å². The van der Waals surface area contributed by atoms with E-state index in [1.807, 2.05) is 0 Å². The molecule has 2 bridgehead atoms. The summed E-state index contributed by atoms with van der Waals surface area (Å²) in [5.74, 6) is 0. The van der Waals surface area contributed by atoms with Crippen molar-refractivity contribution in [1.82, 2.24) is 5.32 Å². The Morgan fingerprint density at radius 1 is 1.06 bits per heavy atom. The largest absolute Gasteiger partial charge is 0.365 e. The Bertz CT molecular complexity index is 370. The Morgan fingerprint density at radius 2 is 1.65 bits per heavy atom. The van der Waals surface area contributed by atoms with Gasteiger partial charge in [0.2, 0.25) is 0 Å². The highest BCUT2D eigenvalue weighted by atomic mass is 15.2. The molecule has 17 heavy (non-hydrogen) atoms. The third-order valence-corrected chi connectivity index (χ3v) is 4.47. The molecule has 2 atom stereocenters. The molecular weight excluding hydrogens is 208 g/mol. The second-order valence-electron chi connectivity index (χ2n) is 5.58. The predicted molar refractivity (Wildman–Crippen MR) is 72.5 cm³/mol. The van der Waals surface area contributed by atoms with E-state index in [0.29, 0.717) is 0 Å². The van der Waals surface area contributed by atoms with Crippen molar-refractivity contribution in [1.29, 1.82) is 0 Å². The van der Waals surface area contributed by atoms with Gasteiger partial charge in [-0.25, -0.2) is 0 Å². The smallest absolute Gasteiger partial charge is 0.0371 e. The molecule has 2 heteroatoms. The quantitative estimate of drug-likeness (QED) is 0.840. The number of rotatable bonds is 2. The Kier molecular flexibility index (Phi) is 2.83. The molecular formula is C15H22N2. The van der Waals surface area contributed by atoms with Gasteiger partial charge < -0.3 is 10.2 Å². The maximum Gasteiger partial charge on any atom is 0.0371 e. The first kappa shape index (κ1) is 11.1. The summed E-state index contributed by atoms with van der Waals surface area (Å²) >= 11 is 0. The number of nitrogens with zero attached hydrogens (tertiary/aromatic N) is 1. The van der Waals surface area contributed by atoms with Gasteiger partial charge in [-0.2, -0.15) is 0 Å². The fourth-order valence-corrected chi connectivity index (χ4v) is 3.55. The van der Waals surface area contributed by atoms with Gasteiger partial charge in [-0.15, -0.1) is 0 Å². The van der Waals surface area contributed by atoms with Crippen LogP contribution in [0, 0.1) is 6.92 Å². The molecule has 2 nitrogen and oxygen atoms in total. The molecule has 1 aromatic carbocycles. The van der Waals surface area contributed by atoms with Gasteiger partial charge in [0.05, 0.1) is 0 Å². The van der Waals surface area contributed by atoms with Crippen LogP contribution in [0.2, 0.25) is 0 Å². The van der Waals surface area contributed by atoms with Crippen molar-refractivity contribution < 1.29 is 0 Å². The van der Waals surface area contributed by atoms with E-state index in [2.05, 4.69) is 48.5 Å².